The minimum absolute atomic E-state index is 0.0412. The first-order valence-electron chi connectivity index (χ1n) is 8.42. The number of carbonyl (C=O) groups excluding carboxylic acids is 2. The predicted octanol–water partition coefficient (Wildman–Crippen LogP) is 1.08. The van der Waals surface area contributed by atoms with Crippen LogP contribution in [0.15, 0.2) is 24.3 Å². The summed E-state index contributed by atoms with van der Waals surface area (Å²) in [5, 5.41) is 3.08. The summed E-state index contributed by atoms with van der Waals surface area (Å²) in [6.45, 7) is 3.57. The highest BCUT2D eigenvalue weighted by Gasteiger charge is 2.25. The minimum atomic E-state index is -0.226. The van der Waals surface area contributed by atoms with Crippen LogP contribution in [0, 0.1) is 6.92 Å². The Labute approximate surface area is 143 Å². The molecule has 0 aromatic heterocycles. The van der Waals surface area contributed by atoms with Gasteiger partial charge in [0.15, 0.2) is 0 Å². The normalized spacial score (nSPS) is 16.7. The lowest BCUT2D eigenvalue weighted by Gasteiger charge is -2.33. The number of amides is 2. The second-order valence-electron chi connectivity index (χ2n) is 6.24. The number of methoxy groups -OCH3 is 1. The van der Waals surface area contributed by atoms with Gasteiger partial charge in [0.2, 0.25) is 5.91 Å². The maximum Gasteiger partial charge on any atom is 0.251 e. The van der Waals surface area contributed by atoms with Gasteiger partial charge in [-0.2, -0.15) is 0 Å². The van der Waals surface area contributed by atoms with E-state index in [-0.39, 0.29) is 24.0 Å². The molecule has 6 nitrogen and oxygen atoms in total. The van der Waals surface area contributed by atoms with Crippen molar-refractivity contribution < 1.29 is 14.3 Å². The van der Waals surface area contributed by atoms with E-state index in [1.165, 1.54) is 0 Å². The van der Waals surface area contributed by atoms with E-state index < -0.39 is 0 Å². The molecule has 132 valence electrons. The molecule has 1 aliphatic rings. The maximum absolute atomic E-state index is 12.4. The molecule has 1 heterocycles. The Morgan fingerprint density at radius 2 is 2.00 bits per heavy atom. The van der Waals surface area contributed by atoms with Crippen LogP contribution in [0.4, 0.5) is 0 Å². The first kappa shape index (κ1) is 18.4. The van der Waals surface area contributed by atoms with E-state index in [0.29, 0.717) is 31.6 Å². The van der Waals surface area contributed by atoms with E-state index in [1.54, 1.807) is 7.11 Å². The molecule has 1 atom stereocenters. The summed E-state index contributed by atoms with van der Waals surface area (Å²) >= 11 is 0. The molecule has 1 fully saturated rings. The van der Waals surface area contributed by atoms with Gasteiger partial charge in [0.05, 0.1) is 12.5 Å². The van der Waals surface area contributed by atoms with Gasteiger partial charge in [0.25, 0.3) is 5.91 Å². The summed E-state index contributed by atoms with van der Waals surface area (Å²) < 4.78 is 5.17. The van der Waals surface area contributed by atoms with E-state index in [2.05, 4.69) is 5.32 Å². The van der Waals surface area contributed by atoms with Crippen LogP contribution in [0.2, 0.25) is 0 Å². The summed E-state index contributed by atoms with van der Waals surface area (Å²) in [6.07, 6.45) is 1.62. The monoisotopic (exact) mass is 333 g/mol. The van der Waals surface area contributed by atoms with Crippen LogP contribution in [-0.4, -0.2) is 55.6 Å². The largest absolute Gasteiger partial charge is 0.380 e. The van der Waals surface area contributed by atoms with Gasteiger partial charge in [-0.25, -0.2) is 0 Å². The number of hydrogen-bond acceptors (Lipinski definition) is 4. The highest BCUT2D eigenvalue weighted by molar-refractivity contribution is 5.95. The maximum atomic E-state index is 12.4. The third kappa shape index (κ3) is 4.79. The molecule has 1 unspecified atom stereocenters. The first-order chi connectivity index (χ1) is 11.5. The topological polar surface area (TPSA) is 84.7 Å². The van der Waals surface area contributed by atoms with Crippen molar-refractivity contribution in [1.82, 2.24) is 10.2 Å². The van der Waals surface area contributed by atoms with E-state index in [9.17, 15) is 9.59 Å². The molecule has 1 aromatic carbocycles. The van der Waals surface area contributed by atoms with Crippen molar-refractivity contribution in [3.05, 3.63) is 35.4 Å². The van der Waals surface area contributed by atoms with Crippen LogP contribution in [0.1, 0.15) is 35.2 Å². The molecule has 0 radical (unpaired) electrons. The van der Waals surface area contributed by atoms with Crippen molar-refractivity contribution in [2.24, 2.45) is 5.73 Å². The highest BCUT2D eigenvalue weighted by atomic mass is 16.5. The van der Waals surface area contributed by atoms with Crippen LogP contribution in [-0.2, 0) is 9.53 Å². The number of nitrogens with zero attached hydrogens (tertiary/aromatic N) is 1. The Morgan fingerprint density at radius 3 is 2.58 bits per heavy atom. The summed E-state index contributed by atoms with van der Waals surface area (Å²) in [4.78, 5) is 26.4. The van der Waals surface area contributed by atoms with E-state index in [4.69, 9.17) is 10.5 Å². The van der Waals surface area contributed by atoms with Crippen molar-refractivity contribution in [2.75, 3.05) is 26.7 Å². The van der Waals surface area contributed by atoms with E-state index in [0.717, 1.165) is 18.4 Å². The summed E-state index contributed by atoms with van der Waals surface area (Å²) in [7, 11) is 1.57. The average Bonchev–Trinajstić information content (AvgIpc) is 2.60. The number of nitrogens with one attached hydrogen (secondary N) is 1. The lowest BCUT2D eigenvalue weighted by molar-refractivity contribution is -0.134. The molecule has 1 aromatic rings. The second-order valence-corrected chi connectivity index (χ2v) is 6.24. The first-order valence-corrected chi connectivity index (χ1v) is 8.42. The zero-order valence-corrected chi connectivity index (χ0v) is 14.5. The van der Waals surface area contributed by atoms with E-state index >= 15 is 0 Å². The molecule has 6 heteroatoms. The van der Waals surface area contributed by atoms with Crippen molar-refractivity contribution in [2.45, 2.75) is 38.3 Å². The van der Waals surface area contributed by atoms with Gasteiger partial charge >= 0.3 is 0 Å². The molecule has 2 amide bonds. The van der Waals surface area contributed by atoms with Gasteiger partial charge in [-0.1, -0.05) is 18.2 Å². The third-order valence-corrected chi connectivity index (χ3v) is 4.57. The Morgan fingerprint density at radius 1 is 1.33 bits per heavy atom. The van der Waals surface area contributed by atoms with Gasteiger partial charge in [-0.05, 0) is 31.4 Å². The van der Waals surface area contributed by atoms with Gasteiger partial charge in [-0.15, -0.1) is 0 Å². The van der Waals surface area contributed by atoms with E-state index in [1.807, 2.05) is 36.1 Å². The standard InChI is InChI=1S/C18H27N3O3/c1-13-5-3-4-6-16(13)18(23)20-14-7-9-21(10-8-14)17(22)11-15(12-19)24-2/h3-6,14-15H,7-12,19H2,1-2H3,(H,20,23). The number of piperidine rings is 1. The molecule has 0 bridgehead atoms. The lowest BCUT2D eigenvalue weighted by Crippen LogP contribution is -2.47. The number of nitrogens with two attached hydrogens (primary N) is 1. The van der Waals surface area contributed by atoms with Gasteiger partial charge in [0.1, 0.15) is 0 Å². The fraction of sp³-hybridized carbons (Fsp3) is 0.556. The Hall–Kier alpha value is -1.92. The fourth-order valence-corrected chi connectivity index (χ4v) is 2.95. The summed E-state index contributed by atoms with van der Waals surface area (Å²) in [5.74, 6) is 0.0245. The lowest BCUT2D eigenvalue weighted by atomic mass is 10.0. The number of hydrogen-bond donors (Lipinski definition) is 2. The van der Waals surface area contributed by atoms with Crippen LogP contribution in [0.3, 0.4) is 0 Å². The Balaban J connectivity index is 1.81. The number of ether oxygens (including phenoxy) is 1. The molecule has 0 spiro atoms. The molecular weight excluding hydrogens is 306 g/mol. The smallest absolute Gasteiger partial charge is 0.251 e. The van der Waals surface area contributed by atoms with Crippen LogP contribution >= 0.6 is 0 Å². The zero-order chi connectivity index (χ0) is 17.5. The predicted molar refractivity (Wildman–Crippen MR) is 92.7 cm³/mol. The molecule has 1 saturated heterocycles. The average molecular weight is 333 g/mol. The van der Waals surface area contributed by atoms with Crippen molar-refractivity contribution in [3.63, 3.8) is 0 Å². The van der Waals surface area contributed by atoms with Crippen LogP contribution < -0.4 is 11.1 Å². The SMILES string of the molecule is COC(CN)CC(=O)N1CCC(NC(=O)c2ccccc2C)CC1. The number of aryl methyl sites for hydroxylation is 1. The fourth-order valence-electron chi connectivity index (χ4n) is 2.95. The zero-order valence-electron chi connectivity index (χ0n) is 14.5. The highest BCUT2D eigenvalue weighted by Crippen LogP contribution is 2.14. The molecule has 2 rings (SSSR count). The summed E-state index contributed by atoms with van der Waals surface area (Å²) in [5.41, 5.74) is 7.24. The molecular formula is C18H27N3O3. The molecule has 0 saturated carbocycles. The number of likely N-dealkylation sites (tertiary alicyclic amines) is 1. The van der Waals surface area contributed by atoms with Crippen molar-refractivity contribution in [3.8, 4) is 0 Å². The second kappa shape index (κ2) is 8.80. The molecule has 24 heavy (non-hydrogen) atoms. The quantitative estimate of drug-likeness (QED) is 0.816. The third-order valence-electron chi connectivity index (χ3n) is 4.57. The molecule has 1 aliphatic heterocycles. The number of benzene rings is 1. The number of rotatable bonds is 6. The minimum Gasteiger partial charge on any atom is -0.380 e. The van der Waals surface area contributed by atoms with Gasteiger partial charge in [0, 0.05) is 38.3 Å². The van der Waals surface area contributed by atoms with Crippen molar-refractivity contribution >= 4 is 11.8 Å². The van der Waals surface area contributed by atoms with Crippen LogP contribution in [0.25, 0.3) is 0 Å². The summed E-state index contributed by atoms with van der Waals surface area (Å²) in [6, 6.07) is 7.66. The Kier molecular flexibility index (Phi) is 6.75. The molecule has 0 aliphatic carbocycles. The molecule has 3 N–H and O–H groups in total. The number of carbonyl (C=O) groups is 2. The Bertz CT molecular complexity index is 564. The van der Waals surface area contributed by atoms with Crippen LogP contribution in [0.5, 0.6) is 0 Å². The van der Waals surface area contributed by atoms with Gasteiger partial charge < -0.3 is 20.7 Å². The van der Waals surface area contributed by atoms with Gasteiger partial charge in [-0.3, -0.25) is 9.59 Å². The van der Waals surface area contributed by atoms with Crippen molar-refractivity contribution in [1.29, 1.82) is 0 Å².